The molecule has 1 aliphatic heterocycles. The largest absolute Gasteiger partial charge is 0.474 e. The van der Waals surface area contributed by atoms with Gasteiger partial charge in [-0.2, -0.15) is 4.98 Å². The zero-order valence-corrected chi connectivity index (χ0v) is 20.6. The summed E-state index contributed by atoms with van der Waals surface area (Å²) in [4.78, 5) is 35.7. The number of carbonyl (C=O) groups is 1. The maximum absolute atomic E-state index is 13.4. The standard InChI is InChI=1S/C26H31N5O4/c1-15(2)35-22-17(21(32)27-18-6-5-9-31(23(18)33)19-10-16(19)3)11-30-12-20(28-24(30)29-22)26-8-7-25(4,13-26)34-14-26/h5-6,9,11-12,15-16,19H,7-8,10,13-14H2,1-4H3,(H,27,32)/t16-,19+,25-,26-/m1/s1. The van der Waals surface area contributed by atoms with E-state index in [1.165, 1.54) is 0 Å². The van der Waals surface area contributed by atoms with E-state index in [0.717, 1.165) is 31.4 Å². The highest BCUT2D eigenvalue weighted by molar-refractivity contribution is 6.05. The van der Waals surface area contributed by atoms with Crippen molar-refractivity contribution in [1.82, 2.24) is 18.9 Å². The zero-order valence-electron chi connectivity index (χ0n) is 20.6. The Morgan fingerprint density at radius 2 is 2.09 bits per heavy atom. The van der Waals surface area contributed by atoms with Gasteiger partial charge in [0.2, 0.25) is 11.7 Å². The average molecular weight is 478 g/mol. The van der Waals surface area contributed by atoms with Crippen LogP contribution < -0.4 is 15.6 Å². The van der Waals surface area contributed by atoms with Crippen molar-refractivity contribution in [3.63, 3.8) is 0 Å². The van der Waals surface area contributed by atoms with Crippen molar-refractivity contribution in [3.05, 3.63) is 52.3 Å². The Hall–Kier alpha value is -3.20. The summed E-state index contributed by atoms with van der Waals surface area (Å²) in [5.41, 5.74) is 1.03. The SMILES string of the molecule is CC(C)Oc1nc2nc([C@]34CC[C@](C)(C3)OC4)cn2cc1C(=O)Nc1cccn([C@H]2C[C@H]2C)c1=O. The molecular weight excluding hydrogens is 446 g/mol. The highest BCUT2D eigenvalue weighted by Crippen LogP contribution is 2.53. The van der Waals surface area contributed by atoms with E-state index in [0.29, 0.717) is 18.3 Å². The summed E-state index contributed by atoms with van der Waals surface area (Å²) in [6, 6.07) is 3.61. The first-order valence-corrected chi connectivity index (χ1v) is 12.4. The van der Waals surface area contributed by atoms with E-state index in [4.69, 9.17) is 14.5 Å². The molecule has 2 bridgehead atoms. The fourth-order valence-corrected chi connectivity index (χ4v) is 5.62. The number of hydrogen-bond donors (Lipinski definition) is 1. The molecule has 6 rings (SSSR count). The van der Waals surface area contributed by atoms with Gasteiger partial charge < -0.3 is 19.4 Å². The molecule has 4 heterocycles. The second-order valence-corrected chi connectivity index (χ2v) is 11.0. The molecule has 3 aromatic rings. The molecule has 35 heavy (non-hydrogen) atoms. The van der Waals surface area contributed by atoms with Gasteiger partial charge in [0.1, 0.15) is 11.3 Å². The number of anilines is 1. The number of pyridine rings is 1. The second kappa shape index (κ2) is 7.65. The quantitative estimate of drug-likeness (QED) is 0.581. The van der Waals surface area contributed by atoms with Crippen LogP contribution in [0.25, 0.3) is 5.78 Å². The molecule has 0 unspecified atom stereocenters. The van der Waals surface area contributed by atoms with E-state index >= 15 is 0 Å². The number of hydrogen-bond acceptors (Lipinski definition) is 6. The van der Waals surface area contributed by atoms with Crippen LogP contribution in [0, 0.1) is 5.92 Å². The summed E-state index contributed by atoms with van der Waals surface area (Å²) in [6.07, 6.45) is 9.17. The highest BCUT2D eigenvalue weighted by Gasteiger charge is 2.55. The molecule has 3 aromatic heterocycles. The Bertz CT molecular complexity index is 1380. The van der Waals surface area contributed by atoms with Crippen molar-refractivity contribution in [1.29, 1.82) is 0 Å². The number of carbonyl (C=O) groups excluding carboxylic acids is 1. The molecule has 0 spiro atoms. The Morgan fingerprint density at radius 1 is 1.29 bits per heavy atom. The van der Waals surface area contributed by atoms with Crippen LogP contribution in [0.1, 0.15) is 75.5 Å². The Balaban J connectivity index is 1.35. The average Bonchev–Trinajstić information content (AvgIpc) is 3.12. The zero-order chi connectivity index (χ0) is 24.5. The number of imidazole rings is 1. The number of nitrogens with zero attached hydrogens (tertiary/aromatic N) is 4. The molecule has 3 fully saturated rings. The number of nitrogens with one attached hydrogen (secondary N) is 1. The van der Waals surface area contributed by atoms with Crippen molar-refractivity contribution in [2.75, 3.05) is 11.9 Å². The van der Waals surface area contributed by atoms with Crippen molar-refractivity contribution >= 4 is 17.4 Å². The topological polar surface area (TPSA) is 99.8 Å². The molecule has 9 nitrogen and oxygen atoms in total. The molecule has 1 N–H and O–H groups in total. The van der Waals surface area contributed by atoms with Crippen LogP contribution in [0.15, 0.2) is 35.5 Å². The Labute approximate surface area is 203 Å². The minimum absolute atomic E-state index is 0.0823. The minimum Gasteiger partial charge on any atom is -0.474 e. The fourth-order valence-electron chi connectivity index (χ4n) is 5.62. The van der Waals surface area contributed by atoms with Crippen LogP contribution in [0.3, 0.4) is 0 Å². The molecule has 0 radical (unpaired) electrons. The van der Waals surface area contributed by atoms with Gasteiger partial charge in [-0.1, -0.05) is 6.92 Å². The van der Waals surface area contributed by atoms with Gasteiger partial charge in [0.15, 0.2) is 0 Å². The summed E-state index contributed by atoms with van der Waals surface area (Å²) in [7, 11) is 0. The van der Waals surface area contributed by atoms with Crippen LogP contribution >= 0.6 is 0 Å². The fraction of sp³-hybridized carbons (Fsp3) is 0.538. The Morgan fingerprint density at radius 3 is 2.71 bits per heavy atom. The molecule has 4 atom stereocenters. The third-order valence-electron chi connectivity index (χ3n) is 7.74. The molecule has 9 heteroatoms. The number of aromatic nitrogens is 4. The predicted molar refractivity (Wildman–Crippen MR) is 130 cm³/mol. The number of rotatable bonds is 6. The van der Waals surface area contributed by atoms with Gasteiger partial charge in [-0.15, -0.1) is 0 Å². The molecule has 1 saturated heterocycles. The summed E-state index contributed by atoms with van der Waals surface area (Å²) >= 11 is 0. The van der Waals surface area contributed by atoms with E-state index in [1.807, 2.05) is 20.0 Å². The maximum Gasteiger partial charge on any atom is 0.274 e. The van der Waals surface area contributed by atoms with Crippen LogP contribution in [0.5, 0.6) is 5.88 Å². The van der Waals surface area contributed by atoms with Crippen molar-refractivity contribution in [2.45, 2.75) is 76.5 Å². The lowest BCUT2D eigenvalue weighted by molar-refractivity contribution is -0.00627. The molecular formula is C26H31N5O4. The molecule has 1 amide bonds. The van der Waals surface area contributed by atoms with E-state index < -0.39 is 5.91 Å². The molecule has 0 aromatic carbocycles. The molecule has 2 aliphatic carbocycles. The highest BCUT2D eigenvalue weighted by atomic mass is 16.5. The third-order valence-corrected chi connectivity index (χ3v) is 7.74. The summed E-state index contributed by atoms with van der Waals surface area (Å²) in [6.45, 7) is 8.68. The number of amides is 1. The van der Waals surface area contributed by atoms with Crippen molar-refractivity contribution in [3.8, 4) is 5.88 Å². The summed E-state index contributed by atoms with van der Waals surface area (Å²) in [5, 5.41) is 2.79. The van der Waals surface area contributed by atoms with Crippen LogP contribution in [-0.4, -0.2) is 43.2 Å². The molecule has 2 saturated carbocycles. The summed E-state index contributed by atoms with van der Waals surface area (Å²) in [5.74, 6) is 0.700. The normalized spacial score (nSPS) is 29.2. The first-order valence-electron chi connectivity index (χ1n) is 12.4. The van der Waals surface area contributed by atoms with E-state index in [2.05, 4.69) is 24.1 Å². The number of fused-ring (bicyclic) bond motifs is 3. The van der Waals surface area contributed by atoms with E-state index in [-0.39, 0.29) is 45.9 Å². The van der Waals surface area contributed by atoms with Crippen LogP contribution in [0.4, 0.5) is 5.69 Å². The van der Waals surface area contributed by atoms with Gasteiger partial charge in [0.25, 0.3) is 11.5 Å². The minimum atomic E-state index is -0.445. The first kappa shape index (κ1) is 22.3. The van der Waals surface area contributed by atoms with Gasteiger partial charge in [-0.05, 0) is 64.5 Å². The van der Waals surface area contributed by atoms with Gasteiger partial charge >= 0.3 is 0 Å². The lowest BCUT2D eigenvalue weighted by Gasteiger charge is -2.24. The molecule has 3 aliphatic rings. The lowest BCUT2D eigenvalue weighted by atomic mass is 9.84. The Kier molecular flexibility index (Phi) is 4.87. The predicted octanol–water partition coefficient (Wildman–Crippen LogP) is 3.72. The van der Waals surface area contributed by atoms with E-state index in [9.17, 15) is 9.59 Å². The second-order valence-electron chi connectivity index (χ2n) is 11.0. The lowest BCUT2D eigenvalue weighted by Crippen LogP contribution is -2.26. The smallest absolute Gasteiger partial charge is 0.274 e. The van der Waals surface area contributed by atoms with Crippen molar-refractivity contribution in [2.24, 2.45) is 5.92 Å². The maximum atomic E-state index is 13.4. The monoisotopic (exact) mass is 477 g/mol. The van der Waals surface area contributed by atoms with Crippen LogP contribution in [0.2, 0.25) is 0 Å². The first-order chi connectivity index (χ1) is 16.7. The van der Waals surface area contributed by atoms with Gasteiger partial charge in [0.05, 0.1) is 24.0 Å². The van der Waals surface area contributed by atoms with E-state index in [1.54, 1.807) is 33.5 Å². The van der Waals surface area contributed by atoms with Crippen LogP contribution in [-0.2, 0) is 10.2 Å². The van der Waals surface area contributed by atoms with Gasteiger partial charge in [-0.3, -0.25) is 14.0 Å². The number of ether oxygens (including phenoxy) is 2. The van der Waals surface area contributed by atoms with Gasteiger partial charge in [0, 0.05) is 30.0 Å². The van der Waals surface area contributed by atoms with Gasteiger partial charge in [-0.25, -0.2) is 4.98 Å². The summed E-state index contributed by atoms with van der Waals surface area (Å²) < 4.78 is 15.4. The molecule has 184 valence electrons. The third kappa shape index (κ3) is 3.73. The van der Waals surface area contributed by atoms with Crippen molar-refractivity contribution < 1.29 is 14.3 Å².